The van der Waals surface area contributed by atoms with Crippen LogP contribution in [0.25, 0.3) is 0 Å². The van der Waals surface area contributed by atoms with Crippen molar-refractivity contribution in [3.05, 3.63) is 72.1 Å². The standard InChI is InChI=1S/C22H21N3O4/c1-14(26)15-4-6-17(7-5-15)24-18-10-16(12-23-13-18)22(27)25-20-9-8-19(28-2)11-21(20)29-3/h4-13,24H,1-3H3,(H,25,27). The summed E-state index contributed by atoms with van der Waals surface area (Å²) in [7, 11) is 3.08. The van der Waals surface area contributed by atoms with Crippen LogP contribution < -0.4 is 20.1 Å². The molecule has 1 amide bonds. The Morgan fingerprint density at radius 3 is 2.28 bits per heavy atom. The first-order valence-electron chi connectivity index (χ1n) is 8.86. The summed E-state index contributed by atoms with van der Waals surface area (Å²) in [6.07, 6.45) is 3.10. The van der Waals surface area contributed by atoms with E-state index < -0.39 is 0 Å². The molecule has 0 unspecified atom stereocenters. The van der Waals surface area contributed by atoms with E-state index in [2.05, 4.69) is 15.6 Å². The van der Waals surface area contributed by atoms with E-state index in [9.17, 15) is 9.59 Å². The molecule has 148 valence electrons. The second kappa shape index (κ2) is 8.88. The number of aromatic nitrogens is 1. The van der Waals surface area contributed by atoms with Gasteiger partial charge in [-0.3, -0.25) is 14.6 Å². The van der Waals surface area contributed by atoms with Crippen LogP contribution in [0.15, 0.2) is 60.9 Å². The smallest absolute Gasteiger partial charge is 0.257 e. The van der Waals surface area contributed by atoms with Gasteiger partial charge in [-0.25, -0.2) is 0 Å². The summed E-state index contributed by atoms with van der Waals surface area (Å²) in [5, 5.41) is 5.99. The molecule has 0 radical (unpaired) electrons. The van der Waals surface area contributed by atoms with E-state index in [1.807, 2.05) is 0 Å². The van der Waals surface area contributed by atoms with Gasteiger partial charge in [0.1, 0.15) is 11.5 Å². The van der Waals surface area contributed by atoms with Crippen LogP contribution in [0.2, 0.25) is 0 Å². The Balaban J connectivity index is 1.75. The zero-order valence-electron chi connectivity index (χ0n) is 16.4. The van der Waals surface area contributed by atoms with Gasteiger partial charge in [0.15, 0.2) is 5.78 Å². The van der Waals surface area contributed by atoms with Gasteiger partial charge in [-0.1, -0.05) is 0 Å². The number of Topliss-reactive ketones (excluding diaryl/α,β-unsaturated/α-hetero) is 1. The van der Waals surface area contributed by atoms with Crippen LogP contribution in [0.1, 0.15) is 27.6 Å². The van der Waals surface area contributed by atoms with Crippen LogP contribution in [0, 0.1) is 0 Å². The summed E-state index contributed by atoms with van der Waals surface area (Å²) >= 11 is 0. The quantitative estimate of drug-likeness (QED) is 0.584. The fourth-order valence-corrected chi connectivity index (χ4v) is 2.68. The third-order valence-electron chi connectivity index (χ3n) is 4.24. The molecule has 29 heavy (non-hydrogen) atoms. The first-order chi connectivity index (χ1) is 14.0. The molecule has 2 aromatic carbocycles. The van der Waals surface area contributed by atoms with Gasteiger partial charge in [-0.05, 0) is 49.4 Å². The molecule has 7 nitrogen and oxygen atoms in total. The fourth-order valence-electron chi connectivity index (χ4n) is 2.68. The summed E-state index contributed by atoms with van der Waals surface area (Å²) in [4.78, 5) is 28.2. The minimum absolute atomic E-state index is 0.00541. The number of methoxy groups -OCH3 is 2. The monoisotopic (exact) mass is 391 g/mol. The SMILES string of the molecule is COc1ccc(NC(=O)c2cncc(Nc3ccc(C(C)=O)cc3)c2)c(OC)c1. The number of amides is 1. The maximum Gasteiger partial charge on any atom is 0.257 e. The number of pyridine rings is 1. The molecule has 1 aromatic heterocycles. The number of anilines is 3. The lowest BCUT2D eigenvalue weighted by atomic mass is 10.1. The van der Waals surface area contributed by atoms with Gasteiger partial charge in [0.25, 0.3) is 5.91 Å². The van der Waals surface area contributed by atoms with E-state index in [4.69, 9.17) is 9.47 Å². The van der Waals surface area contributed by atoms with Crippen molar-refractivity contribution >= 4 is 28.8 Å². The summed E-state index contributed by atoms with van der Waals surface area (Å²) in [6, 6.07) is 13.9. The summed E-state index contributed by atoms with van der Waals surface area (Å²) in [5.74, 6) is 0.802. The van der Waals surface area contributed by atoms with Crippen molar-refractivity contribution in [2.75, 3.05) is 24.9 Å². The van der Waals surface area contributed by atoms with E-state index in [0.29, 0.717) is 34.0 Å². The van der Waals surface area contributed by atoms with Gasteiger partial charge in [-0.15, -0.1) is 0 Å². The van der Waals surface area contributed by atoms with Crippen molar-refractivity contribution in [3.63, 3.8) is 0 Å². The molecule has 3 rings (SSSR count). The van der Waals surface area contributed by atoms with Gasteiger partial charge < -0.3 is 20.1 Å². The highest BCUT2D eigenvalue weighted by Crippen LogP contribution is 2.29. The first-order valence-corrected chi connectivity index (χ1v) is 8.86. The van der Waals surface area contributed by atoms with Gasteiger partial charge in [0.2, 0.25) is 0 Å². The number of rotatable bonds is 7. The molecule has 0 bridgehead atoms. The number of ether oxygens (including phenoxy) is 2. The van der Waals surface area contributed by atoms with Crippen molar-refractivity contribution < 1.29 is 19.1 Å². The topological polar surface area (TPSA) is 89.5 Å². The van der Waals surface area contributed by atoms with Crippen molar-refractivity contribution in [3.8, 4) is 11.5 Å². The Morgan fingerprint density at radius 2 is 1.62 bits per heavy atom. The summed E-state index contributed by atoms with van der Waals surface area (Å²) < 4.78 is 10.5. The number of nitrogens with one attached hydrogen (secondary N) is 2. The lowest BCUT2D eigenvalue weighted by Gasteiger charge is -2.12. The predicted molar refractivity (Wildman–Crippen MR) is 111 cm³/mol. The average Bonchev–Trinajstić information content (AvgIpc) is 2.74. The maximum atomic E-state index is 12.7. The lowest BCUT2D eigenvalue weighted by Crippen LogP contribution is -2.13. The Hall–Kier alpha value is -3.87. The second-order valence-electron chi connectivity index (χ2n) is 6.24. The molecule has 1 heterocycles. The molecule has 2 N–H and O–H groups in total. The Bertz CT molecular complexity index is 1030. The minimum Gasteiger partial charge on any atom is -0.497 e. The number of carbonyl (C=O) groups is 2. The number of nitrogens with zero attached hydrogens (tertiary/aromatic N) is 1. The Labute approximate surface area is 168 Å². The highest BCUT2D eigenvalue weighted by atomic mass is 16.5. The molecule has 0 aliphatic rings. The van der Waals surface area contributed by atoms with Crippen LogP contribution in [0.3, 0.4) is 0 Å². The normalized spacial score (nSPS) is 10.2. The molecular weight excluding hydrogens is 370 g/mol. The molecule has 0 saturated carbocycles. The molecule has 0 saturated heterocycles. The van der Waals surface area contributed by atoms with Crippen LogP contribution in [-0.4, -0.2) is 30.9 Å². The van der Waals surface area contributed by atoms with E-state index in [1.165, 1.54) is 20.2 Å². The van der Waals surface area contributed by atoms with E-state index >= 15 is 0 Å². The van der Waals surface area contributed by atoms with Crippen LogP contribution in [0.4, 0.5) is 17.1 Å². The van der Waals surface area contributed by atoms with Crippen molar-refractivity contribution in [1.82, 2.24) is 4.98 Å². The minimum atomic E-state index is -0.323. The van der Waals surface area contributed by atoms with Crippen molar-refractivity contribution in [2.24, 2.45) is 0 Å². The van der Waals surface area contributed by atoms with E-state index in [1.54, 1.807) is 61.8 Å². The molecule has 0 aliphatic heterocycles. The highest BCUT2D eigenvalue weighted by Gasteiger charge is 2.12. The molecule has 0 atom stereocenters. The summed E-state index contributed by atoms with van der Waals surface area (Å²) in [6.45, 7) is 1.52. The third kappa shape index (κ3) is 4.90. The summed E-state index contributed by atoms with van der Waals surface area (Å²) in [5.41, 5.74) is 2.97. The first kappa shape index (κ1) is 19.9. The third-order valence-corrected chi connectivity index (χ3v) is 4.24. The molecule has 0 aliphatic carbocycles. The zero-order chi connectivity index (χ0) is 20.8. The van der Waals surface area contributed by atoms with Gasteiger partial charge in [0, 0.05) is 23.5 Å². The number of carbonyl (C=O) groups excluding carboxylic acids is 2. The van der Waals surface area contributed by atoms with Gasteiger partial charge in [-0.2, -0.15) is 0 Å². The molecule has 3 aromatic rings. The highest BCUT2D eigenvalue weighted by molar-refractivity contribution is 6.05. The number of hydrogen-bond donors (Lipinski definition) is 2. The Morgan fingerprint density at radius 1 is 0.862 bits per heavy atom. The number of benzene rings is 2. The van der Waals surface area contributed by atoms with Crippen molar-refractivity contribution in [2.45, 2.75) is 6.92 Å². The average molecular weight is 391 g/mol. The lowest BCUT2D eigenvalue weighted by molar-refractivity contribution is 0.101. The zero-order valence-corrected chi connectivity index (χ0v) is 16.4. The predicted octanol–water partition coefficient (Wildman–Crippen LogP) is 4.30. The largest absolute Gasteiger partial charge is 0.497 e. The van der Waals surface area contributed by atoms with E-state index in [-0.39, 0.29) is 11.7 Å². The van der Waals surface area contributed by atoms with Crippen molar-refractivity contribution in [1.29, 1.82) is 0 Å². The molecule has 0 fully saturated rings. The molecule has 7 heteroatoms. The van der Waals surface area contributed by atoms with Crippen LogP contribution in [-0.2, 0) is 0 Å². The molecule has 0 spiro atoms. The van der Waals surface area contributed by atoms with Crippen LogP contribution in [0.5, 0.6) is 11.5 Å². The maximum absolute atomic E-state index is 12.7. The number of hydrogen-bond acceptors (Lipinski definition) is 6. The number of ketones is 1. The Kier molecular flexibility index (Phi) is 6.09. The second-order valence-corrected chi connectivity index (χ2v) is 6.24. The van der Waals surface area contributed by atoms with E-state index in [0.717, 1.165) is 5.69 Å². The van der Waals surface area contributed by atoms with Gasteiger partial charge in [0.05, 0.1) is 37.4 Å². The molecular formula is C22H21N3O4. The van der Waals surface area contributed by atoms with Gasteiger partial charge >= 0.3 is 0 Å². The van der Waals surface area contributed by atoms with Crippen LogP contribution >= 0.6 is 0 Å². The fraction of sp³-hybridized carbons (Fsp3) is 0.136.